The molecule has 96 valence electrons. The Bertz CT molecular complexity index is 735. The molecule has 0 unspecified atom stereocenters. The molecule has 0 aromatic carbocycles. The van der Waals surface area contributed by atoms with Crippen molar-refractivity contribution >= 4 is 11.0 Å². The van der Waals surface area contributed by atoms with Gasteiger partial charge in [-0.25, -0.2) is 9.97 Å². The van der Waals surface area contributed by atoms with Gasteiger partial charge in [0.05, 0.1) is 0 Å². The van der Waals surface area contributed by atoms with Crippen LogP contribution < -0.4 is 5.56 Å². The monoisotopic (exact) mass is 254 g/mol. The zero-order chi connectivity index (χ0) is 13.4. The lowest BCUT2D eigenvalue weighted by Crippen LogP contribution is -2.26. The first-order chi connectivity index (χ1) is 9.20. The topological polar surface area (TPSA) is 71.6 Å². The molecular formula is C14H14N4O. The lowest BCUT2D eigenvalue weighted by atomic mass is 10.2. The average molecular weight is 254 g/mol. The molecule has 2 aromatic heterocycles. The van der Waals surface area contributed by atoms with Gasteiger partial charge in [-0.1, -0.05) is 12.8 Å². The second kappa shape index (κ2) is 4.47. The maximum absolute atomic E-state index is 12.4. The first kappa shape index (κ1) is 11.8. The quantitative estimate of drug-likeness (QED) is 0.781. The summed E-state index contributed by atoms with van der Waals surface area (Å²) in [5.41, 5.74) is 0.607. The number of hydrogen-bond acceptors (Lipinski definition) is 4. The summed E-state index contributed by atoms with van der Waals surface area (Å²) in [5.74, 6) is 0.642. The third kappa shape index (κ3) is 1.89. The third-order valence-electron chi connectivity index (χ3n) is 3.70. The molecule has 5 heteroatoms. The van der Waals surface area contributed by atoms with Crippen molar-refractivity contribution in [2.24, 2.45) is 0 Å². The van der Waals surface area contributed by atoms with Crippen molar-refractivity contribution in [3.63, 3.8) is 0 Å². The van der Waals surface area contributed by atoms with Gasteiger partial charge in [0, 0.05) is 17.6 Å². The van der Waals surface area contributed by atoms with Crippen molar-refractivity contribution in [3.8, 4) is 6.07 Å². The minimum atomic E-state index is -0.222. The van der Waals surface area contributed by atoms with E-state index in [1.807, 2.05) is 6.07 Å². The van der Waals surface area contributed by atoms with Crippen LogP contribution in [0.1, 0.15) is 43.1 Å². The Morgan fingerprint density at radius 1 is 1.42 bits per heavy atom. The van der Waals surface area contributed by atoms with Crippen molar-refractivity contribution in [1.82, 2.24) is 14.5 Å². The van der Waals surface area contributed by atoms with E-state index < -0.39 is 0 Å². The van der Waals surface area contributed by atoms with Crippen LogP contribution >= 0.6 is 0 Å². The molecule has 2 heterocycles. The van der Waals surface area contributed by atoms with Gasteiger partial charge in [0.15, 0.2) is 0 Å². The Morgan fingerprint density at radius 3 is 2.84 bits per heavy atom. The highest BCUT2D eigenvalue weighted by Gasteiger charge is 2.22. The van der Waals surface area contributed by atoms with Crippen molar-refractivity contribution in [3.05, 3.63) is 34.0 Å². The molecular weight excluding hydrogens is 240 g/mol. The van der Waals surface area contributed by atoms with Gasteiger partial charge in [0.1, 0.15) is 23.1 Å². The third-order valence-corrected chi connectivity index (χ3v) is 3.70. The fourth-order valence-electron chi connectivity index (χ4n) is 2.79. The number of aromatic nitrogens is 3. The summed E-state index contributed by atoms with van der Waals surface area (Å²) in [5, 5.41) is 9.85. The Labute approximate surface area is 110 Å². The molecule has 3 rings (SSSR count). The lowest BCUT2D eigenvalue weighted by Gasteiger charge is -2.16. The first-order valence-electron chi connectivity index (χ1n) is 6.49. The molecule has 2 aromatic rings. The van der Waals surface area contributed by atoms with Gasteiger partial charge in [-0.05, 0) is 25.8 Å². The summed E-state index contributed by atoms with van der Waals surface area (Å²) >= 11 is 0. The van der Waals surface area contributed by atoms with Crippen LogP contribution in [0.3, 0.4) is 0 Å². The molecule has 0 saturated heterocycles. The van der Waals surface area contributed by atoms with E-state index in [-0.39, 0.29) is 17.2 Å². The van der Waals surface area contributed by atoms with E-state index in [9.17, 15) is 4.79 Å². The zero-order valence-electron chi connectivity index (χ0n) is 10.8. The van der Waals surface area contributed by atoms with E-state index in [2.05, 4.69) is 9.97 Å². The molecule has 0 spiro atoms. The van der Waals surface area contributed by atoms with E-state index in [1.165, 1.54) is 0 Å². The van der Waals surface area contributed by atoms with Gasteiger partial charge in [0.2, 0.25) is 0 Å². The Morgan fingerprint density at radius 2 is 2.16 bits per heavy atom. The largest absolute Gasteiger partial charge is 0.288 e. The maximum Gasteiger partial charge on any atom is 0.270 e. The van der Waals surface area contributed by atoms with Crippen molar-refractivity contribution in [2.75, 3.05) is 0 Å². The Hall–Kier alpha value is -2.22. The SMILES string of the molecule is Cc1ncc2cc(C#N)c(=O)n(C3CCCC3)c2n1. The number of nitrogens with zero attached hydrogens (tertiary/aromatic N) is 4. The predicted molar refractivity (Wildman–Crippen MR) is 70.8 cm³/mol. The number of aryl methyl sites for hydroxylation is 1. The van der Waals surface area contributed by atoms with Gasteiger partial charge >= 0.3 is 0 Å². The number of hydrogen-bond donors (Lipinski definition) is 0. The van der Waals surface area contributed by atoms with Crippen molar-refractivity contribution < 1.29 is 0 Å². The fourth-order valence-corrected chi connectivity index (χ4v) is 2.79. The Balaban J connectivity index is 2.37. The summed E-state index contributed by atoms with van der Waals surface area (Å²) in [6.45, 7) is 1.81. The average Bonchev–Trinajstić information content (AvgIpc) is 2.91. The Kier molecular flexibility index (Phi) is 2.79. The number of pyridine rings is 1. The molecule has 1 fully saturated rings. The molecule has 0 bridgehead atoms. The highest BCUT2D eigenvalue weighted by Crippen LogP contribution is 2.30. The summed E-state index contributed by atoms with van der Waals surface area (Å²) in [7, 11) is 0. The molecule has 0 amide bonds. The van der Waals surface area contributed by atoms with Gasteiger partial charge in [-0.2, -0.15) is 5.26 Å². The molecule has 0 atom stereocenters. The molecule has 0 N–H and O–H groups in total. The summed E-state index contributed by atoms with van der Waals surface area (Å²) < 4.78 is 1.70. The van der Waals surface area contributed by atoms with Crippen molar-refractivity contribution in [2.45, 2.75) is 38.6 Å². The smallest absolute Gasteiger partial charge is 0.270 e. The maximum atomic E-state index is 12.4. The fraction of sp³-hybridized carbons (Fsp3) is 0.429. The van der Waals surface area contributed by atoms with E-state index in [4.69, 9.17) is 5.26 Å². The molecule has 0 aliphatic heterocycles. The van der Waals surface area contributed by atoms with Crippen LogP contribution in [-0.4, -0.2) is 14.5 Å². The summed E-state index contributed by atoms with van der Waals surface area (Å²) in [6, 6.07) is 3.73. The van der Waals surface area contributed by atoms with Crippen LogP contribution in [0.4, 0.5) is 0 Å². The van der Waals surface area contributed by atoms with Crippen LogP contribution in [0, 0.1) is 18.3 Å². The first-order valence-corrected chi connectivity index (χ1v) is 6.49. The molecule has 1 aliphatic carbocycles. The van der Waals surface area contributed by atoms with Crippen LogP contribution in [0.2, 0.25) is 0 Å². The number of fused-ring (bicyclic) bond motifs is 1. The van der Waals surface area contributed by atoms with E-state index in [0.717, 1.165) is 31.1 Å². The molecule has 0 radical (unpaired) electrons. The summed E-state index contributed by atoms with van der Waals surface area (Å²) in [6.07, 6.45) is 5.89. The van der Waals surface area contributed by atoms with E-state index in [1.54, 1.807) is 23.8 Å². The standard InChI is InChI=1S/C14H14N4O/c1-9-16-8-11-6-10(7-15)14(19)18(13(11)17-9)12-4-2-3-5-12/h6,8,12H,2-5H2,1H3. The minimum absolute atomic E-state index is 0.164. The molecule has 19 heavy (non-hydrogen) atoms. The van der Waals surface area contributed by atoms with Gasteiger partial charge < -0.3 is 0 Å². The predicted octanol–water partition coefficient (Wildman–Crippen LogP) is 2.09. The number of rotatable bonds is 1. The van der Waals surface area contributed by atoms with E-state index >= 15 is 0 Å². The van der Waals surface area contributed by atoms with Crippen LogP contribution in [0.5, 0.6) is 0 Å². The number of nitriles is 1. The molecule has 1 aliphatic rings. The van der Waals surface area contributed by atoms with E-state index in [0.29, 0.717) is 11.5 Å². The second-order valence-corrected chi connectivity index (χ2v) is 4.98. The van der Waals surface area contributed by atoms with Crippen LogP contribution in [0.15, 0.2) is 17.1 Å². The van der Waals surface area contributed by atoms with Crippen LogP contribution in [0.25, 0.3) is 11.0 Å². The lowest BCUT2D eigenvalue weighted by molar-refractivity contribution is 0.514. The zero-order valence-corrected chi connectivity index (χ0v) is 10.8. The molecule has 1 saturated carbocycles. The highest BCUT2D eigenvalue weighted by atomic mass is 16.1. The van der Waals surface area contributed by atoms with Crippen molar-refractivity contribution in [1.29, 1.82) is 5.26 Å². The molecule has 5 nitrogen and oxygen atoms in total. The normalized spacial score (nSPS) is 15.8. The summed E-state index contributed by atoms with van der Waals surface area (Å²) in [4.78, 5) is 20.9. The highest BCUT2D eigenvalue weighted by molar-refractivity contribution is 5.75. The van der Waals surface area contributed by atoms with Gasteiger partial charge in [0.25, 0.3) is 5.56 Å². The van der Waals surface area contributed by atoms with Crippen LogP contribution in [-0.2, 0) is 0 Å². The minimum Gasteiger partial charge on any atom is -0.288 e. The second-order valence-electron chi connectivity index (χ2n) is 4.98. The van der Waals surface area contributed by atoms with Gasteiger partial charge in [-0.15, -0.1) is 0 Å². The van der Waals surface area contributed by atoms with Gasteiger partial charge in [-0.3, -0.25) is 9.36 Å².